The minimum atomic E-state index is -3.79. The van der Waals surface area contributed by atoms with Crippen LogP contribution in [0.5, 0.6) is 0 Å². The fraction of sp³-hybridized carbons (Fsp3) is 0.367. The summed E-state index contributed by atoms with van der Waals surface area (Å²) in [7, 11) is 0.316. The highest BCUT2D eigenvalue weighted by molar-refractivity contribution is 7.90. The standard InChI is InChI=1S/C30H34N10O3S2/c1-37-13-8-24(9-14-37)45(42,43)39-15-10-31-27(39)25-17-20-18-33-29(36-26(20)40(28(25)41)30-32-11-16-44-30)35-22-5-3-21(4-6-22)34-23-7-12-38(2)19-23/h3-6,10-11,15-18,23-24,34H,7-9,12-14,19H2,1-2H3,(H,33,35,36). The van der Waals surface area contributed by atoms with Crippen molar-refractivity contribution in [2.75, 3.05) is 50.9 Å². The molecule has 0 radical (unpaired) electrons. The number of likely N-dealkylation sites (N-methyl/N-ethyl adjacent to an activating group) is 1. The molecule has 2 aliphatic rings. The number of imidazole rings is 1. The van der Waals surface area contributed by atoms with Gasteiger partial charge in [0.1, 0.15) is 0 Å². The lowest BCUT2D eigenvalue weighted by molar-refractivity contribution is 0.277. The molecule has 0 bridgehead atoms. The first-order valence-corrected chi connectivity index (χ1v) is 17.3. The Bertz CT molecular complexity index is 1980. The molecular weight excluding hydrogens is 613 g/mol. The molecule has 0 aliphatic carbocycles. The number of hydrogen-bond donors (Lipinski definition) is 2. The fourth-order valence-corrected chi connectivity index (χ4v) is 8.40. The summed E-state index contributed by atoms with van der Waals surface area (Å²) in [4.78, 5) is 36.5. The number of piperidine rings is 1. The molecule has 0 amide bonds. The summed E-state index contributed by atoms with van der Waals surface area (Å²) >= 11 is 1.28. The van der Waals surface area contributed by atoms with Crippen LogP contribution < -0.4 is 16.2 Å². The van der Waals surface area contributed by atoms with Crippen molar-refractivity contribution in [2.24, 2.45) is 0 Å². The van der Waals surface area contributed by atoms with Crippen molar-refractivity contribution in [3.63, 3.8) is 0 Å². The maximum atomic E-state index is 14.1. The van der Waals surface area contributed by atoms with Gasteiger partial charge in [-0.25, -0.2) is 31.9 Å². The van der Waals surface area contributed by atoms with E-state index in [1.807, 2.05) is 31.3 Å². The Hall–Kier alpha value is -4.18. The number of benzene rings is 1. The second kappa shape index (κ2) is 12.0. The SMILES string of the molecule is CN1CCC(S(=O)(=O)n2ccnc2-c2cc3cnc(Nc4ccc(NC5CCN(C)C5)cc4)nc3n(-c3nccs3)c2=O)CC1. The van der Waals surface area contributed by atoms with Crippen LogP contribution in [0.15, 0.2) is 65.3 Å². The summed E-state index contributed by atoms with van der Waals surface area (Å²) in [6.45, 7) is 3.48. The van der Waals surface area contributed by atoms with E-state index in [4.69, 9.17) is 4.98 Å². The van der Waals surface area contributed by atoms with Gasteiger partial charge >= 0.3 is 0 Å². The zero-order valence-electron chi connectivity index (χ0n) is 25.0. The van der Waals surface area contributed by atoms with Gasteiger partial charge in [0.15, 0.2) is 16.6 Å². The Kier molecular flexibility index (Phi) is 7.85. The van der Waals surface area contributed by atoms with E-state index >= 15 is 0 Å². The van der Waals surface area contributed by atoms with Gasteiger partial charge in [0.2, 0.25) is 16.0 Å². The quantitative estimate of drug-likeness (QED) is 0.257. The Labute approximate surface area is 264 Å². The molecule has 7 rings (SSSR count). The lowest BCUT2D eigenvalue weighted by atomic mass is 10.1. The highest BCUT2D eigenvalue weighted by atomic mass is 32.2. The van der Waals surface area contributed by atoms with Crippen molar-refractivity contribution in [1.82, 2.24) is 38.3 Å². The van der Waals surface area contributed by atoms with E-state index < -0.39 is 20.8 Å². The summed E-state index contributed by atoms with van der Waals surface area (Å²) in [6.07, 6.45) is 8.18. The highest BCUT2D eigenvalue weighted by Crippen LogP contribution is 2.27. The predicted octanol–water partition coefficient (Wildman–Crippen LogP) is 3.23. The molecule has 2 saturated heterocycles. The van der Waals surface area contributed by atoms with Crippen molar-refractivity contribution in [3.8, 4) is 16.5 Å². The van der Waals surface area contributed by atoms with E-state index in [1.54, 1.807) is 23.8 Å². The summed E-state index contributed by atoms with van der Waals surface area (Å²) in [5.41, 5.74) is 1.84. The van der Waals surface area contributed by atoms with Crippen LogP contribution in [0.3, 0.4) is 0 Å². The summed E-state index contributed by atoms with van der Waals surface area (Å²) in [6, 6.07) is 9.97. The molecule has 0 saturated carbocycles. The second-order valence-corrected chi connectivity index (χ2v) is 14.6. The van der Waals surface area contributed by atoms with Crippen LogP contribution >= 0.6 is 11.3 Å². The Morgan fingerprint density at radius 2 is 1.69 bits per heavy atom. The highest BCUT2D eigenvalue weighted by Gasteiger charge is 2.33. The van der Waals surface area contributed by atoms with Crippen LogP contribution in [0, 0.1) is 0 Å². The van der Waals surface area contributed by atoms with Gasteiger partial charge in [-0.15, -0.1) is 11.3 Å². The minimum absolute atomic E-state index is 0.0614. The number of hydrogen-bond acceptors (Lipinski definition) is 12. The summed E-state index contributed by atoms with van der Waals surface area (Å²) in [5, 5.41) is 8.96. The van der Waals surface area contributed by atoms with Crippen molar-refractivity contribution in [2.45, 2.75) is 30.6 Å². The van der Waals surface area contributed by atoms with Gasteiger partial charge in [0.25, 0.3) is 5.56 Å². The van der Waals surface area contributed by atoms with Crippen LogP contribution in [0.4, 0.5) is 17.3 Å². The monoisotopic (exact) mass is 646 g/mol. The molecule has 1 atom stereocenters. The zero-order chi connectivity index (χ0) is 31.1. The number of thiazole rings is 1. The van der Waals surface area contributed by atoms with Crippen LogP contribution in [0.25, 0.3) is 27.6 Å². The van der Waals surface area contributed by atoms with Gasteiger partial charge in [-0.2, -0.15) is 4.98 Å². The molecule has 6 heterocycles. The largest absolute Gasteiger partial charge is 0.381 e. The maximum absolute atomic E-state index is 14.1. The van der Waals surface area contributed by atoms with Gasteiger partial charge in [-0.05, 0) is 83.3 Å². The third-order valence-corrected chi connectivity index (χ3v) is 11.4. The topological polar surface area (TPSA) is 143 Å². The number of fused-ring (bicyclic) bond motifs is 1. The van der Waals surface area contributed by atoms with Gasteiger partial charge in [0.05, 0.1) is 10.8 Å². The number of pyridine rings is 1. The molecule has 1 unspecified atom stereocenters. The number of likely N-dealkylation sites (tertiary alicyclic amines) is 2. The number of aromatic nitrogens is 6. The molecule has 234 valence electrons. The van der Waals surface area contributed by atoms with Gasteiger partial charge in [-0.1, -0.05) is 0 Å². The third kappa shape index (κ3) is 5.83. The van der Waals surface area contributed by atoms with Crippen LogP contribution in [-0.4, -0.2) is 98.3 Å². The number of nitrogens with zero attached hydrogens (tertiary/aromatic N) is 8. The zero-order valence-corrected chi connectivity index (χ0v) is 26.6. The molecule has 15 heteroatoms. The van der Waals surface area contributed by atoms with Gasteiger partial charge < -0.3 is 20.4 Å². The van der Waals surface area contributed by atoms with E-state index in [2.05, 4.69) is 42.4 Å². The van der Waals surface area contributed by atoms with Crippen LogP contribution in [0.1, 0.15) is 19.3 Å². The first-order valence-electron chi connectivity index (χ1n) is 14.9. The first kappa shape index (κ1) is 29.5. The average Bonchev–Trinajstić information content (AvgIpc) is 3.81. The molecule has 2 aliphatic heterocycles. The lowest BCUT2D eigenvalue weighted by Gasteiger charge is -2.29. The third-order valence-electron chi connectivity index (χ3n) is 8.46. The average molecular weight is 647 g/mol. The lowest BCUT2D eigenvalue weighted by Crippen LogP contribution is -2.39. The van der Waals surface area contributed by atoms with E-state index in [9.17, 15) is 13.2 Å². The molecular formula is C30H34N10O3S2. The Morgan fingerprint density at radius 3 is 2.40 bits per heavy atom. The van der Waals surface area contributed by atoms with E-state index in [-0.39, 0.29) is 11.4 Å². The summed E-state index contributed by atoms with van der Waals surface area (Å²) in [5.74, 6) is 0.371. The molecule has 45 heavy (non-hydrogen) atoms. The maximum Gasteiger partial charge on any atom is 0.269 e. The van der Waals surface area contributed by atoms with E-state index in [0.717, 1.165) is 34.9 Å². The second-order valence-electron chi connectivity index (χ2n) is 11.7. The number of rotatable bonds is 8. The van der Waals surface area contributed by atoms with Crippen molar-refractivity contribution < 1.29 is 8.42 Å². The van der Waals surface area contributed by atoms with Crippen molar-refractivity contribution in [3.05, 3.63) is 70.9 Å². The molecule has 0 spiro atoms. The smallest absolute Gasteiger partial charge is 0.269 e. The minimum Gasteiger partial charge on any atom is -0.381 e. The number of anilines is 3. The number of nitrogens with one attached hydrogen (secondary N) is 2. The van der Waals surface area contributed by atoms with E-state index in [1.165, 1.54) is 28.3 Å². The first-order chi connectivity index (χ1) is 21.8. The molecule has 5 aromatic rings. The fourth-order valence-electron chi connectivity index (χ4n) is 6.02. The van der Waals surface area contributed by atoms with Crippen LogP contribution in [-0.2, 0) is 10.0 Å². The van der Waals surface area contributed by atoms with Crippen molar-refractivity contribution >= 4 is 49.7 Å². The molecule has 2 N–H and O–H groups in total. The van der Waals surface area contributed by atoms with Crippen molar-refractivity contribution in [1.29, 1.82) is 0 Å². The predicted molar refractivity (Wildman–Crippen MR) is 176 cm³/mol. The molecule has 1 aromatic carbocycles. The van der Waals surface area contributed by atoms with Crippen LogP contribution in [0.2, 0.25) is 0 Å². The van der Waals surface area contributed by atoms with Gasteiger partial charge in [0, 0.05) is 59.5 Å². The van der Waals surface area contributed by atoms with Gasteiger partial charge in [-0.3, -0.25) is 4.79 Å². The Balaban J connectivity index is 1.23. The summed E-state index contributed by atoms with van der Waals surface area (Å²) < 4.78 is 30.0. The molecule has 2 fully saturated rings. The molecule has 4 aromatic heterocycles. The molecule has 13 nitrogen and oxygen atoms in total. The normalized spacial score (nSPS) is 18.5. The Morgan fingerprint density at radius 1 is 0.933 bits per heavy atom. The van der Waals surface area contributed by atoms with E-state index in [0.29, 0.717) is 54.1 Å².